The van der Waals surface area contributed by atoms with E-state index < -0.39 is 0 Å². The second kappa shape index (κ2) is 4.72. The molecule has 1 aromatic carbocycles. The summed E-state index contributed by atoms with van der Waals surface area (Å²) >= 11 is 5.70. The molecule has 13 heavy (non-hydrogen) atoms. The molecule has 1 aromatic rings. The number of hydrogen-bond donors (Lipinski definition) is 1. The van der Waals surface area contributed by atoms with Crippen molar-refractivity contribution < 1.29 is 4.74 Å². The van der Waals surface area contributed by atoms with Crippen LogP contribution in [-0.2, 0) is 4.74 Å². The summed E-state index contributed by atoms with van der Waals surface area (Å²) in [5, 5.41) is 0.675. The number of nitrogens with zero attached hydrogens (tertiary/aromatic N) is 1. The highest BCUT2D eigenvalue weighted by molar-refractivity contribution is 6.30. The Morgan fingerprint density at radius 2 is 2.08 bits per heavy atom. The Kier molecular flexibility index (Phi) is 3.58. The van der Waals surface area contributed by atoms with E-state index in [2.05, 4.69) is 4.99 Å². The van der Waals surface area contributed by atoms with E-state index in [1.54, 1.807) is 24.3 Å². The molecule has 0 aliphatic carbocycles. The van der Waals surface area contributed by atoms with Crippen molar-refractivity contribution in [1.82, 2.24) is 0 Å². The maximum Gasteiger partial charge on any atom is 0.287 e. The maximum absolute atomic E-state index is 5.70. The minimum atomic E-state index is 0.171. The van der Waals surface area contributed by atoms with Crippen molar-refractivity contribution in [3.05, 3.63) is 29.3 Å². The van der Waals surface area contributed by atoms with Crippen LogP contribution in [0, 0.1) is 0 Å². The predicted octanol–water partition coefficient (Wildman–Crippen LogP) is 2.32. The van der Waals surface area contributed by atoms with Gasteiger partial charge in [0.2, 0.25) is 0 Å². The van der Waals surface area contributed by atoms with Gasteiger partial charge in [-0.05, 0) is 31.2 Å². The third-order valence-corrected chi connectivity index (χ3v) is 1.61. The first kappa shape index (κ1) is 9.86. The molecule has 1 rings (SSSR count). The lowest BCUT2D eigenvalue weighted by Crippen LogP contribution is -2.15. The number of aliphatic imine (C=N–C) groups is 1. The van der Waals surface area contributed by atoms with Crippen LogP contribution >= 0.6 is 11.6 Å². The van der Waals surface area contributed by atoms with Gasteiger partial charge in [-0.15, -0.1) is 0 Å². The average Bonchev–Trinajstić information content (AvgIpc) is 2.09. The van der Waals surface area contributed by atoms with Crippen LogP contribution in [0.15, 0.2) is 29.3 Å². The zero-order chi connectivity index (χ0) is 9.68. The van der Waals surface area contributed by atoms with Gasteiger partial charge >= 0.3 is 0 Å². The molecule has 0 spiro atoms. The summed E-state index contributed by atoms with van der Waals surface area (Å²) < 4.78 is 4.97. The topological polar surface area (TPSA) is 47.6 Å². The second-order valence-corrected chi connectivity index (χ2v) is 2.80. The summed E-state index contributed by atoms with van der Waals surface area (Å²) in [5.74, 6) is 0. The number of rotatable bonds is 2. The minimum absolute atomic E-state index is 0.171. The standard InChI is InChI=1S/C9H11ClN2O/c1-2-13-9(11)12-8-5-3-7(10)4-6-8/h3-6H,2H2,1H3,(H2,11,12). The van der Waals surface area contributed by atoms with Gasteiger partial charge in [0.15, 0.2) is 0 Å². The lowest BCUT2D eigenvalue weighted by molar-refractivity contribution is 0.322. The first-order chi connectivity index (χ1) is 6.22. The molecule has 0 aliphatic rings. The fraction of sp³-hybridized carbons (Fsp3) is 0.222. The third-order valence-electron chi connectivity index (χ3n) is 1.36. The van der Waals surface area contributed by atoms with E-state index in [0.717, 1.165) is 5.69 Å². The number of halogens is 1. The maximum atomic E-state index is 5.70. The molecule has 2 N–H and O–H groups in total. The van der Waals surface area contributed by atoms with Gasteiger partial charge in [0.1, 0.15) is 0 Å². The Morgan fingerprint density at radius 3 is 2.62 bits per heavy atom. The normalized spacial score (nSPS) is 11.4. The van der Waals surface area contributed by atoms with E-state index in [1.807, 2.05) is 6.92 Å². The molecule has 4 heteroatoms. The van der Waals surface area contributed by atoms with Gasteiger partial charge in [-0.3, -0.25) is 0 Å². The number of hydrogen-bond acceptors (Lipinski definition) is 2. The summed E-state index contributed by atoms with van der Waals surface area (Å²) in [6.07, 6.45) is 0. The average molecular weight is 199 g/mol. The fourth-order valence-electron chi connectivity index (χ4n) is 0.823. The van der Waals surface area contributed by atoms with Crippen molar-refractivity contribution in [2.75, 3.05) is 6.61 Å². The third kappa shape index (κ3) is 3.34. The van der Waals surface area contributed by atoms with E-state index in [0.29, 0.717) is 11.6 Å². The van der Waals surface area contributed by atoms with Crippen molar-refractivity contribution in [1.29, 1.82) is 0 Å². The van der Waals surface area contributed by atoms with Gasteiger partial charge in [0.05, 0.1) is 12.3 Å². The molecule has 0 saturated carbocycles. The molecule has 0 aliphatic heterocycles. The van der Waals surface area contributed by atoms with E-state index in [4.69, 9.17) is 22.1 Å². The van der Waals surface area contributed by atoms with Gasteiger partial charge in [0, 0.05) is 5.02 Å². The Morgan fingerprint density at radius 1 is 1.46 bits per heavy atom. The highest BCUT2D eigenvalue weighted by atomic mass is 35.5. The molecule has 3 nitrogen and oxygen atoms in total. The molecule has 0 heterocycles. The van der Waals surface area contributed by atoms with Crippen LogP contribution < -0.4 is 5.73 Å². The largest absolute Gasteiger partial charge is 0.465 e. The van der Waals surface area contributed by atoms with Gasteiger partial charge < -0.3 is 10.5 Å². The first-order valence-corrected chi connectivity index (χ1v) is 4.32. The van der Waals surface area contributed by atoms with Crippen LogP contribution in [0.25, 0.3) is 0 Å². The van der Waals surface area contributed by atoms with Gasteiger partial charge in [-0.2, -0.15) is 4.99 Å². The van der Waals surface area contributed by atoms with Gasteiger partial charge in [0.25, 0.3) is 6.02 Å². The van der Waals surface area contributed by atoms with Crippen LogP contribution in [0.5, 0.6) is 0 Å². The van der Waals surface area contributed by atoms with Crippen LogP contribution in [0.2, 0.25) is 5.02 Å². The van der Waals surface area contributed by atoms with Crippen molar-refractivity contribution in [2.24, 2.45) is 10.7 Å². The van der Waals surface area contributed by atoms with Crippen LogP contribution in [0.1, 0.15) is 6.92 Å². The molecule has 0 fully saturated rings. The molecule has 0 aromatic heterocycles. The lowest BCUT2D eigenvalue weighted by atomic mass is 10.3. The Labute approximate surface area is 82.2 Å². The summed E-state index contributed by atoms with van der Waals surface area (Å²) in [6.45, 7) is 2.37. The molecule has 0 atom stereocenters. The number of amidine groups is 1. The second-order valence-electron chi connectivity index (χ2n) is 2.36. The van der Waals surface area contributed by atoms with E-state index in [9.17, 15) is 0 Å². The fourth-order valence-corrected chi connectivity index (χ4v) is 0.949. The quantitative estimate of drug-likeness (QED) is 0.586. The molecule has 0 amide bonds. The molecular formula is C9H11ClN2O. The smallest absolute Gasteiger partial charge is 0.287 e. The Bertz CT molecular complexity index is 295. The van der Waals surface area contributed by atoms with Crippen molar-refractivity contribution in [3.8, 4) is 0 Å². The first-order valence-electron chi connectivity index (χ1n) is 3.95. The minimum Gasteiger partial charge on any atom is -0.465 e. The van der Waals surface area contributed by atoms with Gasteiger partial charge in [-0.25, -0.2) is 0 Å². The Balaban J connectivity index is 2.73. The zero-order valence-corrected chi connectivity index (χ0v) is 8.08. The number of ether oxygens (including phenoxy) is 1. The SMILES string of the molecule is CCOC(N)=Nc1ccc(Cl)cc1. The van der Waals surface area contributed by atoms with E-state index >= 15 is 0 Å². The summed E-state index contributed by atoms with van der Waals surface area (Å²) in [7, 11) is 0. The number of nitrogens with two attached hydrogens (primary N) is 1. The summed E-state index contributed by atoms with van der Waals surface area (Å²) in [6, 6.07) is 7.21. The monoisotopic (exact) mass is 198 g/mol. The van der Waals surface area contributed by atoms with E-state index in [1.165, 1.54) is 0 Å². The van der Waals surface area contributed by atoms with Gasteiger partial charge in [-0.1, -0.05) is 11.6 Å². The highest BCUT2D eigenvalue weighted by Crippen LogP contribution is 2.15. The molecule has 0 saturated heterocycles. The van der Waals surface area contributed by atoms with Crippen molar-refractivity contribution >= 4 is 23.3 Å². The predicted molar refractivity (Wildman–Crippen MR) is 54.4 cm³/mol. The molecular weight excluding hydrogens is 188 g/mol. The van der Waals surface area contributed by atoms with Crippen LogP contribution in [0.4, 0.5) is 5.69 Å². The van der Waals surface area contributed by atoms with Crippen molar-refractivity contribution in [3.63, 3.8) is 0 Å². The van der Waals surface area contributed by atoms with Crippen molar-refractivity contribution in [2.45, 2.75) is 6.92 Å². The van der Waals surface area contributed by atoms with Crippen LogP contribution in [0.3, 0.4) is 0 Å². The lowest BCUT2D eigenvalue weighted by Gasteiger charge is -2.00. The van der Waals surface area contributed by atoms with Crippen LogP contribution in [-0.4, -0.2) is 12.6 Å². The van der Waals surface area contributed by atoms with E-state index in [-0.39, 0.29) is 6.02 Å². The molecule has 70 valence electrons. The number of benzene rings is 1. The summed E-state index contributed by atoms with van der Waals surface area (Å²) in [4.78, 5) is 4.00. The highest BCUT2D eigenvalue weighted by Gasteiger charge is 1.93. The summed E-state index contributed by atoms with van der Waals surface area (Å²) in [5.41, 5.74) is 6.18. The Hall–Kier alpha value is -1.22. The molecule has 0 radical (unpaired) electrons. The molecule has 0 unspecified atom stereocenters. The zero-order valence-electron chi connectivity index (χ0n) is 7.33. The molecule has 0 bridgehead atoms.